The number of fused-ring (bicyclic) bond motifs is 1. The quantitative estimate of drug-likeness (QED) is 0.404. The molecule has 1 N–H and O–H groups in total. The normalized spacial score (nSPS) is 21.7. The third-order valence-corrected chi connectivity index (χ3v) is 6.61. The molecule has 1 aromatic rings. The Morgan fingerprint density at radius 3 is 2.62 bits per heavy atom. The van der Waals surface area contributed by atoms with E-state index in [1.807, 2.05) is 0 Å². The number of carbonyl (C=O) groups is 4. The summed E-state index contributed by atoms with van der Waals surface area (Å²) in [4.78, 5) is 49.9. The van der Waals surface area contributed by atoms with Crippen molar-refractivity contribution in [3.63, 3.8) is 0 Å². The van der Waals surface area contributed by atoms with Gasteiger partial charge in [-0.3, -0.25) is 33.6 Å². The number of hydrogen-bond donors (Lipinski definition) is 1. The topological polar surface area (TPSA) is 101 Å². The first-order valence-electron chi connectivity index (χ1n) is 7.24. The van der Waals surface area contributed by atoms with Gasteiger partial charge < -0.3 is 0 Å². The molecule has 1 fully saturated rings. The minimum atomic E-state index is -1.40. The standard InChI is InChI=1S/C15H13IN2O5S/c16-6-7-24(23)10-3-1-2-8-12(10)15(22)18(14(8)21)9-4-5-11(19)17-13(9)20/h1-3,9H,4-7H2,(H,17,19,20). The average Bonchev–Trinajstić information content (AvgIpc) is 2.80. The van der Waals surface area contributed by atoms with E-state index in [1.165, 1.54) is 6.07 Å². The van der Waals surface area contributed by atoms with Gasteiger partial charge in [0.15, 0.2) is 0 Å². The van der Waals surface area contributed by atoms with Crippen molar-refractivity contribution in [3.8, 4) is 0 Å². The second-order valence-electron chi connectivity index (χ2n) is 5.36. The van der Waals surface area contributed by atoms with E-state index >= 15 is 0 Å². The van der Waals surface area contributed by atoms with Crippen LogP contribution in [-0.2, 0) is 20.4 Å². The molecule has 1 saturated heterocycles. The number of alkyl halides is 1. The van der Waals surface area contributed by atoms with Crippen LogP contribution in [0.5, 0.6) is 0 Å². The largest absolute Gasteiger partial charge is 0.295 e. The summed E-state index contributed by atoms with van der Waals surface area (Å²) in [6.45, 7) is 0. The molecule has 9 heteroatoms. The fraction of sp³-hybridized carbons (Fsp3) is 0.333. The molecule has 24 heavy (non-hydrogen) atoms. The highest BCUT2D eigenvalue weighted by atomic mass is 127. The van der Waals surface area contributed by atoms with Crippen LogP contribution >= 0.6 is 22.6 Å². The average molecular weight is 460 g/mol. The number of nitrogens with zero attached hydrogens (tertiary/aromatic N) is 1. The smallest absolute Gasteiger partial charge is 0.263 e. The van der Waals surface area contributed by atoms with E-state index in [4.69, 9.17) is 0 Å². The van der Waals surface area contributed by atoms with Gasteiger partial charge in [0.25, 0.3) is 11.8 Å². The maximum atomic E-state index is 12.8. The molecule has 3 rings (SSSR count). The zero-order chi connectivity index (χ0) is 17.4. The van der Waals surface area contributed by atoms with Crippen LogP contribution in [0, 0.1) is 0 Å². The van der Waals surface area contributed by atoms with Crippen molar-refractivity contribution in [1.29, 1.82) is 0 Å². The minimum Gasteiger partial charge on any atom is -0.295 e. The van der Waals surface area contributed by atoms with Gasteiger partial charge >= 0.3 is 0 Å². The van der Waals surface area contributed by atoms with E-state index < -0.39 is 40.5 Å². The maximum Gasteiger partial charge on any atom is 0.263 e. The van der Waals surface area contributed by atoms with E-state index in [0.29, 0.717) is 15.1 Å². The minimum absolute atomic E-state index is 0.0669. The third-order valence-electron chi connectivity index (χ3n) is 3.94. The van der Waals surface area contributed by atoms with Crippen LogP contribution in [0.1, 0.15) is 33.6 Å². The number of amides is 4. The third kappa shape index (κ3) is 2.79. The molecule has 1 aromatic carbocycles. The van der Waals surface area contributed by atoms with Crippen LogP contribution in [0.15, 0.2) is 23.1 Å². The number of rotatable bonds is 4. The van der Waals surface area contributed by atoms with Gasteiger partial charge in [0.1, 0.15) is 6.04 Å². The number of benzene rings is 1. The molecule has 0 radical (unpaired) electrons. The molecular formula is C15H13IN2O5S. The van der Waals surface area contributed by atoms with Crippen molar-refractivity contribution in [2.75, 3.05) is 10.2 Å². The van der Waals surface area contributed by atoms with Gasteiger partial charge in [-0.15, -0.1) is 0 Å². The second kappa shape index (κ2) is 6.71. The zero-order valence-corrected chi connectivity index (χ0v) is 15.4. The lowest BCUT2D eigenvalue weighted by molar-refractivity contribution is -0.136. The van der Waals surface area contributed by atoms with Crippen molar-refractivity contribution in [2.45, 2.75) is 23.8 Å². The fourth-order valence-electron chi connectivity index (χ4n) is 2.85. The van der Waals surface area contributed by atoms with Gasteiger partial charge in [0, 0.05) is 16.6 Å². The highest BCUT2D eigenvalue weighted by Crippen LogP contribution is 2.31. The summed E-state index contributed by atoms with van der Waals surface area (Å²) in [5.74, 6) is -1.91. The molecule has 0 spiro atoms. The number of piperidine rings is 1. The lowest BCUT2D eigenvalue weighted by atomic mass is 10.0. The van der Waals surface area contributed by atoms with Gasteiger partial charge in [0.2, 0.25) is 11.8 Å². The number of halogens is 1. The fourth-order valence-corrected chi connectivity index (χ4v) is 5.07. The van der Waals surface area contributed by atoms with Gasteiger partial charge in [-0.1, -0.05) is 28.7 Å². The first-order chi connectivity index (χ1) is 11.5. The predicted molar refractivity (Wildman–Crippen MR) is 93.3 cm³/mol. The summed E-state index contributed by atoms with van der Waals surface area (Å²) >= 11 is 2.09. The maximum absolute atomic E-state index is 12.8. The molecule has 0 aromatic heterocycles. The van der Waals surface area contributed by atoms with E-state index in [-0.39, 0.29) is 24.0 Å². The monoisotopic (exact) mass is 460 g/mol. The van der Waals surface area contributed by atoms with E-state index in [2.05, 4.69) is 27.9 Å². The van der Waals surface area contributed by atoms with Gasteiger partial charge in [-0.2, -0.15) is 0 Å². The van der Waals surface area contributed by atoms with E-state index in [9.17, 15) is 23.4 Å². The summed E-state index contributed by atoms with van der Waals surface area (Å²) < 4.78 is 13.0. The van der Waals surface area contributed by atoms with Crippen LogP contribution in [-0.4, -0.2) is 49.0 Å². The van der Waals surface area contributed by atoms with Crippen LogP contribution in [0.3, 0.4) is 0 Å². The second-order valence-corrected chi connectivity index (χ2v) is 7.98. The predicted octanol–water partition coefficient (Wildman–Crippen LogP) is 0.630. The van der Waals surface area contributed by atoms with Crippen molar-refractivity contribution >= 4 is 57.0 Å². The molecule has 0 aliphatic carbocycles. The van der Waals surface area contributed by atoms with Crippen molar-refractivity contribution in [1.82, 2.24) is 10.2 Å². The number of carbonyl (C=O) groups excluding carboxylic acids is 4. The summed E-state index contributed by atoms with van der Waals surface area (Å²) in [6.07, 6.45) is 0.166. The molecule has 2 aliphatic heterocycles. The Hall–Kier alpha value is -1.62. The lowest BCUT2D eigenvalue weighted by Crippen LogP contribution is -2.54. The molecule has 2 aliphatic rings. The lowest BCUT2D eigenvalue weighted by Gasteiger charge is -2.27. The molecular weight excluding hydrogens is 447 g/mol. The molecule has 7 nitrogen and oxygen atoms in total. The Morgan fingerprint density at radius 1 is 1.21 bits per heavy atom. The Morgan fingerprint density at radius 2 is 1.96 bits per heavy atom. The van der Waals surface area contributed by atoms with Crippen LogP contribution < -0.4 is 5.32 Å². The van der Waals surface area contributed by atoms with Crippen molar-refractivity contribution in [2.24, 2.45) is 0 Å². The Balaban J connectivity index is 2.00. The number of imide groups is 2. The Labute approximate surface area is 153 Å². The van der Waals surface area contributed by atoms with E-state index in [1.54, 1.807) is 12.1 Å². The molecule has 126 valence electrons. The van der Waals surface area contributed by atoms with Gasteiger partial charge in [-0.25, -0.2) is 0 Å². The number of hydrogen-bond acceptors (Lipinski definition) is 5. The SMILES string of the molecule is O=C1CCC(N2C(=O)c3cccc(S(=O)CCI)c3C2=O)C(=O)N1. The molecule has 2 heterocycles. The Bertz CT molecular complexity index is 794. The van der Waals surface area contributed by atoms with E-state index in [0.717, 1.165) is 4.90 Å². The molecule has 2 unspecified atom stereocenters. The molecule has 0 saturated carbocycles. The first kappa shape index (κ1) is 17.2. The first-order valence-corrected chi connectivity index (χ1v) is 10.1. The summed E-state index contributed by atoms with van der Waals surface area (Å²) in [7, 11) is -1.40. The van der Waals surface area contributed by atoms with Gasteiger partial charge in [-0.05, 0) is 18.6 Å². The van der Waals surface area contributed by atoms with Crippen LogP contribution in [0.25, 0.3) is 0 Å². The zero-order valence-electron chi connectivity index (χ0n) is 12.4. The summed E-state index contributed by atoms with van der Waals surface area (Å²) in [5.41, 5.74) is 0.263. The summed E-state index contributed by atoms with van der Waals surface area (Å²) in [6, 6.07) is 3.63. The molecule has 0 bridgehead atoms. The van der Waals surface area contributed by atoms with Crippen molar-refractivity contribution in [3.05, 3.63) is 29.3 Å². The highest BCUT2D eigenvalue weighted by molar-refractivity contribution is 14.1. The molecule has 2 atom stereocenters. The van der Waals surface area contributed by atoms with Crippen LogP contribution in [0.4, 0.5) is 0 Å². The molecule has 4 amide bonds. The number of nitrogens with one attached hydrogen (secondary N) is 1. The summed E-state index contributed by atoms with van der Waals surface area (Å²) in [5, 5.41) is 2.15. The van der Waals surface area contributed by atoms with Crippen molar-refractivity contribution < 1.29 is 23.4 Å². The highest BCUT2D eigenvalue weighted by Gasteiger charge is 2.45. The Kier molecular flexibility index (Phi) is 4.81. The van der Waals surface area contributed by atoms with Crippen LogP contribution in [0.2, 0.25) is 0 Å². The van der Waals surface area contributed by atoms with Gasteiger partial charge in [0.05, 0.1) is 26.8 Å².